The largest absolute Gasteiger partial charge is 0.350 e. The summed E-state index contributed by atoms with van der Waals surface area (Å²) in [6, 6.07) is 4.20. The second kappa shape index (κ2) is 6.04. The molecule has 0 spiro atoms. The van der Waals surface area contributed by atoms with E-state index in [1.165, 1.54) is 12.1 Å². The van der Waals surface area contributed by atoms with Crippen LogP contribution in [0.3, 0.4) is 0 Å². The third-order valence-electron chi connectivity index (χ3n) is 3.61. The molecule has 1 saturated heterocycles. The standard InChI is InChI=1S/C15H12F2N4O2/c16-9-1-2-11(12(17)5-9)13-6-14(23-20-13)15(22)19-10-3-4-21(7-10)8-18/h1-2,5-6,10H,3-4,7H2,(H,19,22). The molecule has 1 aromatic heterocycles. The van der Waals surface area contributed by atoms with Gasteiger partial charge in [-0.2, -0.15) is 5.26 Å². The van der Waals surface area contributed by atoms with E-state index in [1.807, 2.05) is 6.19 Å². The molecule has 0 aliphatic carbocycles. The first-order valence-electron chi connectivity index (χ1n) is 6.94. The lowest BCUT2D eigenvalue weighted by molar-refractivity contribution is 0.0901. The Morgan fingerprint density at radius 3 is 2.96 bits per heavy atom. The molecule has 0 saturated carbocycles. The van der Waals surface area contributed by atoms with Gasteiger partial charge in [0.15, 0.2) is 6.19 Å². The predicted molar refractivity (Wildman–Crippen MR) is 74.9 cm³/mol. The number of benzene rings is 1. The van der Waals surface area contributed by atoms with E-state index in [0.717, 1.165) is 12.1 Å². The Labute approximate surface area is 130 Å². The highest BCUT2D eigenvalue weighted by atomic mass is 19.1. The van der Waals surface area contributed by atoms with Crippen molar-refractivity contribution in [1.29, 1.82) is 5.26 Å². The Balaban J connectivity index is 1.72. The highest BCUT2D eigenvalue weighted by Crippen LogP contribution is 2.23. The molecule has 1 fully saturated rings. The lowest BCUT2D eigenvalue weighted by Crippen LogP contribution is -2.36. The van der Waals surface area contributed by atoms with Gasteiger partial charge in [-0.25, -0.2) is 8.78 Å². The minimum absolute atomic E-state index is 0.0470. The molecule has 1 unspecified atom stereocenters. The van der Waals surface area contributed by atoms with E-state index in [0.29, 0.717) is 19.5 Å². The summed E-state index contributed by atoms with van der Waals surface area (Å²) in [5.74, 6) is -2.04. The molecule has 2 aromatic rings. The first-order chi connectivity index (χ1) is 11.1. The number of aromatic nitrogens is 1. The van der Waals surface area contributed by atoms with Crippen LogP contribution in [0, 0.1) is 23.1 Å². The molecule has 3 rings (SSSR count). The average Bonchev–Trinajstić information content (AvgIpc) is 3.16. The number of hydrogen-bond acceptors (Lipinski definition) is 5. The van der Waals surface area contributed by atoms with Crippen molar-refractivity contribution in [3.8, 4) is 17.5 Å². The molecule has 118 valence electrons. The van der Waals surface area contributed by atoms with Crippen molar-refractivity contribution < 1.29 is 18.1 Å². The fourth-order valence-corrected chi connectivity index (χ4v) is 2.43. The molecule has 1 aliphatic heterocycles. The number of halogens is 2. The number of hydrogen-bond donors (Lipinski definition) is 1. The van der Waals surface area contributed by atoms with Crippen molar-refractivity contribution in [2.45, 2.75) is 12.5 Å². The smallest absolute Gasteiger partial charge is 0.290 e. The number of rotatable bonds is 3. The van der Waals surface area contributed by atoms with Crippen LogP contribution >= 0.6 is 0 Å². The molecule has 2 heterocycles. The molecule has 0 radical (unpaired) electrons. The lowest BCUT2D eigenvalue weighted by atomic mass is 10.1. The van der Waals surface area contributed by atoms with Gasteiger partial charge in [0.2, 0.25) is 5.76 Å². The van der Waals surface area contributed by atoms with E-state index in [2.05, 4.69) is 10.5 Å². The fourth-order valence-electron chi connectivity index (χ4n) is 2.43. The molecule has 1 N–H and O–H groups in total. The molecule has 6 nitrogen and oxygen atoms in total. The Morgan fingerprint density at radius 2 is 2.26 bits per heavy atom. The molecular weight excluding hydrogens is 306 g/mol. The summed E-state index contributed by atoms with van der Waals surface area (Å²) in [7, 11) is 0. The van der Waals surface area contributed by atoms with Crippen LogP contribution in [-0.4, -0.2) is 35.1 Å². The normalized spacial score (nSPS) is 17.1. The zero-order chi connectivity index (χ0) is 16.4. The van der Waals surface area contributed by atoms with Gasteiger partial charge < -0.3 is 14.7 Å². The van der Waals surface area contributed by atoms with Gasteiger partial charge in [0.25, 0.3) is 5.91 Å². The summed E-state index contributed by atoms with van der Waals surface area (Å²) in [5.41, 5.74) is 0.156. The van der Waals surface area contributed by atoms with Gasteiger partial charge in [0, 0.05) is 36.8 Å². The zero-order valence-electron chi connectivity index (χ0n) is 11.9. The van der Waals surface area contributed by atoms with Crippen LogP contribution in [0.5, 0.6) is 0 Å². The van der Waals surface area contributed by atoms with Crippen molar-refractivity contribution in [2.24, 2.45) is 0 Å². The maximum Gasteiger partial charge on any atom is 0.290 e. The minimum Gasteiger partial charge on any atom is -0.350 e. The Kier molecular flexibility index (Phi) is 3.93. The van der Waals surface area contributed by atoms with Crippen LogP contribution in [0.25, 0.3) is 11.3 Å². The number of likely N-dealkylation sites (tertiary alicyclic amines) is 1. The predicted octanol–water partition coefficient (Wildman–Crippen LogP) is 1.90. The van der Waals surface area contributed by atoms with Crippen molar-refractivity contribution in [3.63, 3.8) is 0 Å². The van der Waals surface area contributed by atoms with Crippen LogP contribution < -0.4 is 5.32 Å². The summed E-state index contributed by atoms with van der Waals surface area (Å²) in [5, 5.41) is 15.2. The maximum absolute atomic E-state index is 13.7. The highest BCUT2D eigenvalue weighted by molar-refractivity contribution is 5.92. The number of nitrogens with zero attached hydrogens (tertiary/aromatic N) is 3. The molecule has 1 aromatic carbocycles. The van der Waals surface area contributed by atoms with E-state index in [-0.39, 0.29) is 23.1 Å². The first kappa shape index (κ1) is 15.0. The maximum atomic E-state index is 13.7. The number of nitriles is 1. The van der Waals surface area contributed by atoms with Crippen LogP contribution in [0.4, 0.5) is 8.78 Å². The van der Waals surface area contributed by atoms with E-state index in [1.54, 1.807) is 4.90 Å². The van der Waals surface area contributed by atoms with E-state index in [9.17, 15) is 13.6 Å². The highest BCUT2D eigenvalue weighted by Gasteiger charge is 2.25. The van der Waals surface area contributed by atoms with Crippen molar-refractivity contribution in [2.75, 3.05) is 13.1 Å². The number of carbonyl (C=O) groups excluding carboxylic acids is 1. The molecule has 23 heavy (non-hydrogen) atoms. The van der Waals surface area contributed by atoms with Crippen LogP contribution in [0.1, 0.15) is 17.0 Å². The monoisotopic (exact) mass is 318 g/mol. The summed E-state index contributed by atoms with van der Waals surface area (Å²) in [6.07, 6.45) is 2.68. The summed E-state index contributed by atoms with van der Waals surface area (Å²) in [4.78, 5) is 13.6. The molecular formula is C15H12F2N4O2. The van der Waals surface area contributed by atoms with E-state index in [4.69, 9.17) is 9.78 Å². The van der Waals surface area contributed by atoms with Crippen molar-refractivity contribution in [3.05, 3.63) is 41.7 Å². The summed E-state index contributed by atoms with van der Waals surface area (Å²) < 4.78 is 31.5. The van der Waals surface area contributed by atoms with Crippen molar-refractivity contribution >= 4 is 5.91 Å². The Hall–Kier alpha value is -2.95. The Bertz CT molecular complexity index is 784. The van der Waals surface area contributed by atoms with Crippen LogP contribution in [-0.2, 0) is 0 Å². The fraction of sp³-hybridized carbons (Fsp3) is 0.267. The quantitative estimate of drug-likeness (QED) is 0.874. The van der Waals surface area contributed by atoms with Gasteiger partial charge in [0.1, 0.15) is 17.3 Å². The van der Waals surface area contributed by atoms with Gasteiger partial charge in [-0.15, -0.1) is 0 Å². The van der Waals surface area contributed by atoms with E-state index >= 15 is 0 Å². The third kappa shape index (κ3) is 3.13. The average molecular weight is 318 g/mol. The number of nitrogens with one attached hydrogen (secondary N) is 1. The molecule has 0 bridgehead atoms. The lowest BCUT2D eigenvalue weighted by Gasteiger charge is -2.10. The first-order valence-corrected chi connectivity index (χ1v) is 6.94. The van der Waals surface area contributed by atoms with Crippen molar-refractivity contribution in [1.82, 2.24) is 15.4 Å². The Morgan fingerprint density at radius 1 is 1.43 bits per heavy atom. The number of amides is 1. The summed E-state index contributed by atoms with van der Waals surface area (Å²) >= 11 is 0. The van der Waals surface area contributed by atoms with Gasteiger partial charge in [0.05, 0.1) is 0 Å². The minimum atomic E-state index is -0.786. The van der Waals surface area contributed by atoms with Gasteiger partial charge in [-0.3, -0.25) is 4.79 Å². The SMILES string of the molecule is N#CN1CCC(NC(=O)c2cc(-c3ccc(F)cc3F)no2)C1. The van der Waals surface area contributed by atoms with Gasteiger partial charge >= 0.3 is 0 Å². The number of carbonyl (C=O) groups is 1. The molecule has 8 heteroatoms. The van der Waals surface area contributed by atoms with E-state index < -0.39 is 17.5 Å². The van der Waals surface area contributed by atoms with Crippen LogP contribution in [0.15, 0.2) is 28.8 Å². The summed E-state index contributed by atoms with van der Waals surface area (Å²) in [6.45, 7) is 1.03. The third-order valence-corrected chi connectivity index (χ3v) is 3.61. The molecule has 1 atom stereocenters. The zero-order valence-corrected chi connectivity index (χ0v) is 11.9. The topological polar surface area (TPSA) is 82.2 Å². The van der Waals surface area contributed by atoms with Crippen LogP contribution in [0.2, 0.25) is 0 Å². The molecule has 1 amide bonds. The second-order valence-corrected chi connectivity index (χ2v) is 5.21. The van der Waals surface area contributed by atoms with Gasteiger partial charge in [-0.1, -0.05) is 5.16 Å². The van der Waals surface area contributed by atoms with Gasteiger partial charge in [-0.05, 0) is 18.6 Å². The second-order valence-electron chi connectivity index (χ2n) is 5.21. The molecule has 1 aliphatic rings.